The Morgan fingerprint density at radius 3 is 2.38 bits per heavy atom. The molecule has 2 nitrogen and oxygen atoms in total. The molecule has 0 aromatic carbocycles. The topological polar surface area (TPSA) is 29.5 Å². The van der Waals surface area contributed by atoms with Crippen LogP contribution in [0.5, 0.6) is 0 Å². The van der Waals surface area contributed by atoms with Crippen molar-refractivity contribution in [1.82, 2.24) is 0 Å². The van der Waals surface area contributed by atoms with Crippen LogP contribution in [0.3, 0.4) is 0 Å². The molecule has 0 aliphatic heterocycles. The monoisotopic (exact) mass is 184 g/mol. The van der Waals surface area contributed by atoms with Gasteiger partial charge in [-0.05, 0) is 37.0 Å². The molecule has 13 heavy (non-hydrogen) atoms. The predicted molar refractivity (Wildman–Crippen MR) is 51.4 cm³/mol. The number of rotatable bonds is 1. The quantitative estimate of drug-likeness (QED) is 0.673. The predicted octanol–water partition coefficient (Wildman–Crippen LogP) is 1.82. The second-order valence-electron chi connectivity index (χ2n) is 5.56. The molecule has 2 unspecified atom stereocenters. The summed E-state index contributed by atoms with van der Waals surface area (Å²) < 4.78 is 5.35. The van der Waals surface area contributed by atoms with Crippen LogP contribution in [0.15, 0.2) is 0 Å². The molecule has 0 aromatic rings. The highest BCUT2D eigenvalue weighted by Gasteiger charge is 2.63. The summed E-state index contributed by atoms with van der Waals surface area (Å²) in [5, 5.41) is 10.1. The third-order valence-corrected chi connectivity index (χ3v) is 4.37. The minimum atomic E-state index is -0.607. The largest absolute Gasteiger partial charge is 0.387 e. The molecule has 2 fully saturated rings. The summed E-state index contributed by atoms with van der Waals surface area (Å²) in [5.41, 5.74) is -0.166. The van der Waals surface area contributed by atoms with Crippen molar-refractivity contribution in [2.45, 2.75) is 45.3 Å². The number of aliphatic hydroxyl groups is 1. The Balaban J connectivity index is 2.13. The Morgan fingerprint density at radius 2 is 1.85 bits per heavy atom. The fourth-order valence-electron chi connectivity index (χ4n) is 3.14. The average Bonchev–Trinajstić information content (AvgIpc) is 2.50. The van der Waals surface area contributed by atoms with E-state index in [0.29, 0.717) is 11.3 Å². The Labute approximate surface area is 80.3 Å². The molecule has 1 N–H and O–H groups in total. The van der Waals surface area contributed by atoms with Gasteiger partial charge in [-0.15, -0.1) is 0 Å². The van der Waals surface area contributed by atoms with Crippen LogP contribution in [-0.4, -0.2) is 23.9 Å². The van der Waals surface area contributed by atoms with E-state index in [2.05, 4.69) is 13.8 Å². The van der Waals surface area contributed by atoms with Crippen LogP contribution >= 0.6 is 0 Å². The third kappa shape index (κ3) is 1.23. The molecule has 2 aliphatic carbocycles. The zero-order valence-corrected chi connectivity index (χ0v) is 9.00. The highest BCUT2D eigenvalue weighted by molar-refractivity contribution is 5.13. The van der Waals surface area contributed by atoms with Crippen LogP contribution in [0.2, 0.25) is 0 Å². The van der Waals surface area contributed by atoms with E-state index in [1.165, 1.54) is 0 Å². The molecule has 0 radical (unpaired) electrons. The highest BCUT2D eigenvalue weighted by atomic mass is 16.5. The first-order chi connectivity index (χ1) is 5.89. The van der Waals surface area contributed by atoms with Crippen LogP contribution in [0, 0.1) is 17.3 Å². The van der Waals surface area contributed by atoms with Crippen molar-refractivity contribution in [3.05, 3.63) is 0 Å². The summed E-state index contributed by atoms with van der Waals surface area (Å²) in [6, 6.07) is 0. The normalized spacial score (nSPS) is 52.8. The summed E-state index contributed by atoms with van der Waals surface area (Å²) in [6.45, 7) is 6.51. The number of methoxy groups -OCH3 is 1. The van der Waals surface area contributed by atoms with E-state index in [9.17, 15) is 5.11 Å². The standard InChI is InChI=1S/C11H20O2/c1-10(2)7-5-9(13-4)11(3,12)6-8(7)10/h7-9,12H,5-6H2,1-4H3/t7-,8+,9?,11?/m1/s1. The number of fused-ring (bicyclic) bond motifs is 1. The van der Waals surface area contributed by atoms with Crippen molar-refractivity contribution in [3.63, 3.8) is 0 Å². The zero-order valence-electron chi connectivity index (χ0n) is 9.00. The molecular weight excluding hydrogens is 164 g/mol. The van der Waals surface area contributed by atoms with Crippen LogP contribution in [-0.2, 0) is 4.74 Å². The number of ether oxygens (including phenoxy) is 1. The van der Waals surface area contributed by atoms with Crippen LogP contribution in [0.25, 0.3) is 0 Å². The maximum atomic E-state index is 10.1. The SMILES string of the molecule is COC1C[C@@H]2[C@H](CC1(C)O)C2(C)C. The van der Waals surface area contributed by atoms with Crippen molar-refractivity contribution in [2.75, 3.05) is 7.11 Å². The molecule has 76 valence electrons. The van der Waals surface area contributed by atoms with Crippen molar-refractivity contribution < 1.29 is 9.84 Å². The minimum Gasteiger partial charge on any atom is -0.387 e. The Hall–Kier alpha value is -0.0800. The molecular formula is C11H20O2. The molecule has 4 atom stereocenters. The van der Waals surface area contributed by atoms with Gasteiger partial charge in [0, 0.05) is 7.11 Å². The lowest BCUT2D eigenvalue weighted by atomic mass is 9.84. The summed E-state index contributed by atoms with van der Waals surface area (Å²) in [7, 11) is 1.70. The Morgan fingerprint density at radius 1 is 1.23 bits per heavy atom. The molecule has 0 spiro atoms. The zero-order chi connectivity index (χ0) is 9.85. The van der Waals surface area contributed by atoms with E-state index < -0.39 is 5.60 Å². The van der Waals surface area contributed by atoms with Crippen LogP contribution < -0.4 is 0 Å². The Bertz CT molecular complexity index is 220. The molecule has 0 aromatic heterocycles. The molecule has 0 saturated heterocycles. The van der Waals surface area contributed by atoms with Gasteiger partial charge in [0.15, 0.2) is 0 Å². The van der Waals surface area contributed by atoms with Crippen molar-refractivity contribution in [1.29, 1.82) is 0 Å². The second-order valence-corrected chi connectivity index (χ2v) is 5.56. The highest BCUT2D eigenvalue weighted by Crippen LogP contribution is 2.66. The second kappa shape index (κ2) is 2.48. The van der Waals surface area contributed by atoms with E-state index in [4.69, 9.17) is 4.74 Å². The van der Waals surface area contributed by atoms with E-state index >= 15 is 0 Å². The van der Waals surface area contributed by atoms with Gasteiger partial charge in [-0.2, -0.15) is 0 Å². The van der Waals surface area contributed by atoms with Gasteiger partial charge in [0.2, 0.25) is 0 Å². The van der Waals surface area contributed by atoms with Crippen molar-refractivity contribution in [3.8, 4) is 0 Å². The van der Waals surface area contributed by atoms with Gasteiger partial charge >= 0.3 is 0 Å². The van der Waals surface area contributed by atoms with Gasteiger partial charge in [0.1, 0.15) is 0 Å². The fraction of sp³-hybridized carbons (Fsp3) is 1.00. The lowest BCUT2D eigenvalue weighted by Crippen LogP contribution is -2.43. The van der Waals surface area contributed by atoms with Crippen molar-refractivity contribution in [2.24, 2.45) is 17.3 Å². The molecule has 2 heteroatoms. The van der Waals surface area contributed by atoms with E-state index in [-0.39, 0.29) is 6.10 Å². The van der Waals surface area contributed by atoms with Gasteiger partial charge in [0.05, 0.1) is 11.7 Å². The lowest BCUT2D eigenvalue weighted by molar-refractivity contribution is -0.107. The molecule has 2 aliphatic rings. The molecule has 0 heterocycles. The number of hydrogen-bond donors (Lipinski definition) is 1. The Kier molecular flexibility index (Phi) is 1.81. The average molecular weight is 184 g/mol. The van der Waals surface area contributed by atoms with Crippen LogP contribution in [0.4, 0.5) is 0 Å². The van der Waals surface area contributed by atoms with Gasteiger partial charge in [-0.3, -0.25) is 0 Å². The van der Waals surface area contributed by atoms with Gasteiger partial charge in [-0.25, -0.2) is 0 Å². The fourth-order valence-corrected chi connectivity index (χ4v) is 3.14. The first kappa shape index (κ1) is 9.47. The lowest BCUT2D eigenvalue weighted by Gasteiger charge is -2.35. The van der Waals surface area contributed by atoms with Gasteiger partial charge in [0.25, 0.3) is 0 Å². The smallest absolute Gasteiger partial charge is 0.0883 e. The van der Waals surface area contributed by atoms with E-state index in [1.807, 2.05) is 6.92 Å². The number of hydrogen-bond acceptors (Lipinski definition) is 2. The summed E-state index contributed by atoms with van der Waals surface area (Å²) in [6.07, 6.45) is 1.97. The van der Waals surface area contributed by atoms with E-state index in [0.717, 1.165) is 18.8 Å². The molecule has 2 rings (SSSR count). The van der Waals surface area contributed by atoms with Gasteiger partial charge in [-0.1, -0.05) is 13.8 Å². The minimum absolute atomic E-state index is 0.0375. The maximum absolute atomic E-state index is 10.1. The van der Waals surface area contributed by atoms with Gasteiger partial charge < -0.3 is 9.84 Å². The molecule has 2 saturated carbocycles. The molecule has 0 bridgehead atoms. The summed E-state index contributed by atoms with van der Waals surface area (Å²) in [5.74, 6) is 1.49. The van der Waals surface area contributed by atoms with Crippen LogP contribution in [0.1, 0.15) is 33.6 Å². The maximum Gasteiger partial charge on any atom is 0.0883 e. The van der Waals surface area contributed by atoms with Crippen molar-refractivity contribution >= 4 is 0 Å². The third-order valence-electron chi connectivity index (χ3n) is 4.37. The molecule has 0 amide bonds. The van der Waals surface area contributed by atoms with E-state index in [1.54, 1.807) is 7.11 Å². The summed E-state index contributed by atoms with van der Waals surface area (Å²) in [4.78, 5) is 0. The first-order valence-corrected chi connectivity index (χ1v) is 5.15. The summed E-state index contributed by atoms with van der Waals surface area (Å²) >= 11 is 0. The first-order valence-electron chi connectivity index (χ1n) is 5.15.